The molecule has 1 amide bonds. The van der Waals surface area contributed by atoms with E-state index in [0.717, 1.165) is 49.6 Å². The van der Waals surface area contributed by atoms with Crippen molar-refractivity contribution in [1.29, 1.82) is 0 Å². The van der Waals surface area contributed by atoms with Crippen LogP contribution in [0, 0.1) is 53.6 Å². The molecule has 12 aromatic rings. The van der Waals surface area contributed by atoms with Crippen molar-refractivity contribution >= 4 is 117 Å². The maximum absolute atomic E-state index is 15.3. The van der Waals surface area contributed by atoms with E-state index in [-0.39, 0.29) is 63.3 Å². The van der Waals surface area contributed by atoms with Gasteiger partial charge in [0.05, 0.1) is 44.4 Å². The van der Waals surface area contributed by atoms with Crippen LogP contribution in [0.3, 0.4) is 0 Å². The normalized spacial score (nSPS) is 11.4. The molecule has 0 atom stereocenters. The Morgan fingerprint density at radius 3 is 1.27 bits per heavy atom. The molecule has 36 heteroatoms. The van der Waals surface area contributed by atoms with Crippen molar-refractivity contribution in [3.05, 3.63) is 298 Å². The summed E-state index contributed by atoms with van der Waals surface area (Å²) in [6.07, 6.45) is 0. The van der Waals surface area contributed by atoms with Crippen molar-refractivity contribution in [3.63, 3.8) is 0 Å². The van der Waals surface area contributed by atoms with E-state index < -0.39 is 119 Å². The van der Waals surface area contributed by atoms with Crippen LogP contribution in [0.2, 0.25) is 0 Å². The minimum absolute atomic E-state index is 0.0292. The molecule has 0 aliphatic carbocycles. The summed E-state index contributed by atoms with van der Waals surface area (Å²) in [6.45, 7) is 2.77. The lowest BCUT2D eigenvalue weighted by Gasteiger charge is -2.19. The van der Waals surface area contributed by atoms with Crippen molar-refractivity contribution in [2.75, 3.05) is 19.5 Å². The van der Waals surface area contributed by atoms with Crippen molar-refractivity contribution < 1.29 is 71.5 Å². The first-order valence-electron chi connectivity index (χ1n) is 31.0. The Labute approximate surface area is 644 Å². The lowest BCUT2D eigenvalue weighted by molar-refractivity contribution is -0.0499. The lowest BCUT2D eigenvalue weighted by Crippen LogP contribution is -2.42. The van der Waals surface area contributed by atoms with Crippen LogP contribution in [0.15, 0.2) is 191 Å². The van der Waals surface area contributed by atoms with E-state index in [9.17, 15) is 73.1 Å². The number of nitrogens with two attached hydrogens (primary N) is 1. The molecule has 0 fully saturated rings. The van der Waals surface area contributed by atoms with Crippen LogP contribution in [-0.4, -0.2) is 66.0 Å². The smallest absolute Gasteiger partial charge is 0.497 e. The average Bonchev–Trinajstić information content (AvgIpc) is 0.732. The molecular weight excluding hydrogens is 1800 g/mol. The SMILES string of the molecule is COc1ccc(Cn2c(=O)c3c(OS(=O)(=O)C(F)(F)F)cc(=O)n(C)c3n(-c3ccc(I)cc3F)c2=O)cc1.COc1ccc(Cn2c(=O)c3c(Oc4ccc(C)cc4F)cc(=O)n(C)c3n(-c3ccc(I)cc3F)c2=O)cc1.Cc1ccc(Oc2cc(=O)n(C)c(Nc3ccc(I)cc3F)c2C(N)=O)c(F)c1. The number of pyridine rings is 3. The van der Waals surface area contributed by atoms with Crippen molar-refractivity contribution in [3.8, 4) is 51.6 Å². The first-order chi connectivity index (χ1) is 50.9. The number of halogens is 11. The van der Waals surface area contributed by atoms with Crippen LogP contribution in [-0.2, 0) is 44.4 Å². The molecule has 5 heterocycles. The molecule has 24 nitrogen and oxygen atoms in total. The number of nitrogens with zero attached hydrogens (tertiary/aromatic N) is 7. The van der Waals surface area contributed by atoms with Crippen molar-refractivity contribution in [2.24, 2.45) is 26.9 Å². The van der Waals surface area contributed by atoms with Crippen molar-refractivity contribution in [1.82, 2.24) is 32.0 Å². The van der Waals surface area contributed by atoms with Crippen LogP contribution < -0.4 is 73.4 Å². The predicted octanol–water partition coefficient (Wildman–Crippen LogP) is 12.0. The second-order valence-corrected chi connectivity index (χ2v) is 28.7. The molecule has 560 valence electrons. The second-order valence-electron chi connectivity index (χ2n) is 23.4. The molecule has 0 aliphatic heterocycles. The van der Waals surface area contributed by atoms with E-state index in [1.807, 2.05) is 45.2 Å². The monoisotopic (exact) mass is 1850 g/mol. The summed E-state index contributed by atoms with van der Waals surface area (Å²) in [5, 5.41) is 1.64. The van der Waals surface area contributed by atoms with E-state index in [4.69, 9.17) is 24.7 Å². The van der Waals surface area contributed by atoms with Crippen molar-refractivity contribution in [2.45, 2.75) is 32.4 Å². The summed E-state index contributed by atoms with van der Waals surface area (Å²) >= 11 is 5.68. The topological polar surface area (TPSA) is 289 Å². The van der Waals surface area contributed by atoms with Gasteiger partial charge < -0.3 is 34.2 Å². The number of hydrogen-bond donors (Lipinski definition) is 2. The number of aromatic nitrogens is 7. The Hall–Kier alpha value is -10.9. The maximum Gasteiger partial charge on any atom is 0.534 e. The molecular formula is C72H54F8I3N9O15S. The molecule has 12 rings (SSSR count). The van der Waals surface area contributed by atoms with Gasteiger partial charge in [-0.2, -0.15) is 21.6 Å². The van der Waals surface area contributed by atoms with Gasteiger partial charge in [-0.15, -0.1) is 0 Å². The zero-order valence-electron chi connectivity index (χ0n) is 56.8. The molecule has 0 unspecified atom stereocenters. The molecule has 108 heavy (non-hydrogen) atoms. The highest BCUT2D eigenvalue weighted by molar-refractivity contribution is 14.1. The van der Waals surface area contributed by atoms with E-state index in [0.29, 0.717) is 64.2 Å². The minimum Gasteiger partial charge on any atom is -0.497 e. The highest BCUT2D eigenvalue weighted by Crippen LogP contribution is 2.36. The number of aryl methyl sites for hydroxylation is 4. The number of rotatable bonds is 17. The van der Waals surface area contributed by atoms with E-state index in [2.05, 4.69) is 9.50 Å². The number of amides is 1. The van der Waals surface area contributed by atoms with E-state index in [1.54, 1.807) is 85.0 Å². The Balaban J connectivity index is 0.000000175. The number of fused-ring (bicyclic) bond motifs is 2. The predicted molar refractivity (Wildman–Crippen MR) is 408 cm³/mol. The molecule has 0 spiro atoms. The molecule has 0 radical (unpaired) electrons. The first kappa shape index (κ1) is 79.7. The third-order valence-corrected chi connectivity index (χ3v) is 19.1. The zero-order chi connectivity index (χ0) is 78.9. The lowest BCUT2D eigenvalue weighted by atomic mass is 10.2. The summed E-state index contributed by atoms with van der Waals surface area (Å²) in [4.78, 5) is 105. The van der Waals surface area contributed by atoms with Gasteiger partial charge in [0.15, 0.2) is 28.9 Å². The van der Waals surface area contributed by atoms with E-state index in [1.165, 1.54) is 107 Å². The van der Waals surface area contributed by atoms with Gasteiger partial charge in [0, 0.05) is 50.1 Å². The van der Waals surface area contributed by atoms with Crippen LogP contribution in [0.25, 0.3) is 33.4 Å². The minimum atomic E-state index is -6.34. The zero-order valence-corrected chi connectivity index (χ0v) is 64.1. The summed E-state index contributed by atoms with van der Waals surface area (Å²) in [5.74, 6) is -5.84. The van der Waals surface area contributed by atoms with Crippen LogP contribution >= 0.6 is 67.8 Å². The molecule has 0 bridgehead atoms. The number of nitrogens with one attached hydrogen (secondary N) is 1. The number of primary amides is 1. The molecule has 3 N–H and O–H groups in total. The third kappa shape index (κ3) is 16.8. The van der Waals surface area contributed by atoms with Gasteiger partial charge in [0.2, 0.25) is 0 Å². The summed E-state index contributed by atoms with van der Waals surface area (Å²) in [5.41, 5.74) is -6.30. The molecule has 7 aromatic carbocycles. The fraction of sp³-hybridized carbons (Fsp3) is 0.139. The number of carbonyl (C=O) groups excluding carboxylic acids is 1. The molecule has 0 aliphatic rings. The number of hydrogen-bond acceptors (Lipinski definition) is 16. The van der Waals surface area contributed by atoms with Gasteiger partial charge in [-0.1, -0.05) is 36.4 Å². The standard InChI is InChI=1S/C29H22F2IN3O5.C23H16F4IN3O7S.C20H16F2IN3O3/c1-16-4-11-23(21(31)12-16)40-24-14-25(36)33(2)27-26(24)28(37)34(15-17-5-8-19(39-3)9-6-17)29(38)35(27)22-10-7-18(32)13-20(22)30;1-29-18(32)10-17(38-39(35,36)23(25,26)27)19-20(29)31(16-8-5-13(28)9-15(16)24)22(34)30(21(19)33)11-12-3-6-14(37-2)7-4-12;1-10-3-6-15(13(22)7-10)29-16-9-17(27)26(2)20(18(16)19(24)28)25-14-5-4-11(23)8-12(14)21/h4-14H,15H2,1-3H3;3-10H,11H2,1-2H3;3-9,25H,1-2H3,(H2,24,28). The van der Waals surface area contributed by atoms with Crippen LogP contribution in [0.5, 0.6) is 40.2 Å². The number of carbonyl (C=O) groups is 1. The average molecular weight is 1850 g/mol. The van der Waals surface area contributed by atoms with Gasteiger partial charge in [-0.05, 0) is 207 Å². The number of alkyl halides is 3. The Morgan fingerprint density at radius 2 is 0.870 bits per heavy atom. The second kappa shape index (κ2) is 32.3. The van der Waals surface area contributed by atoms with E-state index >= 15 is 8.78 Å². The van der Waals surface area contributed by atoms with Crippen LogP contribution in [0.1, 0.15) is 32.6 Å². The highest BCUT2D eigenvalue weighted by atomic mass is 127. The van der Waals surface area contributed by atoms with Gasteiger partial charge >= 0.3 is 27.0 Å². The largest absolute Gasteiger partial charge is 0.534 e. The number of ether oxygens (including phenoxy) is 4. The third-order valence-electron chi connectivity index (χ3n) is 16.2. The Bertz CT molecular complexity index is 6210. The summed E-state index contributed by atoms with van der Waals surface area (Å²) < 4.78 is 170. The van der Waals surface area contributed by atoms with Crippen LogP contribution in [0.4, 0.5) is 46.6 Å². The van der Waals surface area contributed by atoms with Gasteiger partial charge in [-0.25, -0.2) is 40.7 Å². The fourth-order valence-corrected chi connectivity index (χ4v) is 12.6. The number of methoxy groups -OCH3 is 2. The Kier molecular flexibility index (Phi) is 23.8. The molecule has 0 saturated heterocycles. The van der Waals surface area contributed by atoms with Gasteiger partial charge in [0.1, 0.15) is 73.9 Å². The summed E-state index contributed by atoms with van der Waals surface area (Å²) in [6, 6.07) is 35.9. The maximum atomic E-state index is 15.3. The number of benzene rings is 7. The quantitative estimate of drug-likeness (QED) is 0.0371. The highest BCUT2D eigenvalue weighted by Gasteiger charge is 2.49. The first-order valence-corrected chi connectivity index (χ1v) is 35.7. The number of anilines is 2. The van der Waals surface area contributed by atoms with Gasteiger partial charge in [0.25, 0.3) is 33.7 Å². The Morgan fingerprint density at radius 1 is 0.481 bits per heavy atom. The van der Waals surface area contributed by atoms with Gasteiger partial charge in [-0.3, -0.25) is 51.6 Å². The molecule has 0 saturated carbocycles. The molecule has 5 aromatic heterocycles. The summed E-state index contributed by atoms with van der Waals surface area (Å²) in [7, 11) is 0.399. The fourth-order valence-electron chi connectivity index (χ4n) is 10.8.